The van der Waals surface area contributed by atoms with Crippen LogP contribution in [0, 0.1) is 5.82 Å². The molecule has 1 fully saturated rings. The summed E-state index contributed by atoms with van der Waals surface area (Å²) in [5.41, 5.74) is 0.978. The van der Waals surface area contributed by atoms with Crippen LogP contribution < -0.4 is 4.90 Å². The summed E-state index contributed by atoms with van der Waals surface area (Å²) in [6.45, 7) is 2.91. The maximum atomic E-state index is 13.0. The number of hydrogen-bond donors (Lipinski definition) is 0. The number of anilines is 1. The Morgan fingerprint density at radius 3 is 2.25 bits per heavy atom. The van der Waals surface area contributed by atoms with Gasteiger partial charge in [-0.25, -0.2) is 9.07 Å². The molecule has 5 nitrogen and oxygen atoms in total. The predicted molar refractivity (Wildman–Crippen MR) is 101 cm³/mol. The number of amides is 1. The van der Waals surface area contributed by atoms with Crippen molar-refractivity contribution in [3.05, 3.63) is 43.8 Å². The third-order valence-corrected chi connectivity index (χ3v) is 7.08. The van der Waals surface area contributed by atoms with Crippen molar-refractivity contribution >= 4 is 59.4 Å². The van der Waals surface area contributed by atoms with Crippen molar-refractivity contribution in [1.29, 1.82) is 0 Å². The van der Waals surface area contributed by atoms with E-state index >= 15 is 0 Å². The van der Waals surface area contributed by atoms with Crippen molar-refractivity contribution in [2.24, 2.45) is 0 Å². The van der Waals surface area contributed by atoms with E-state index in [1.54, 1.807) is 16.8 Å². The zero-order chi connectivity index (χ0) is 17.3. The van der Waals surface area contributed by atoms with Crippen molar-refractivity contribution in [1.82, 2.24) is 14.7 Å². The van der Waals surface area contributed by atoms with Gasteiger partial charge in [-0.2, -0.15) is 5.10 Å². The van der Waals surface area contributed by atoms with E-state index in [4.69, 9.17) is 0 Å². The predicted octanol–water partition coefficient (Wildman–Crippen LogP) is 3.66. The molecule has 1 saturated heterocycles. The number of hydrogen-bond acceptors (Lipinski definition) is 3. The molecular formula is C15H14Br3FN4O. The minimum absolute atomic E-state index is 0.0250. The van der Waals surface area contributed by atoms with E-state index in [0.29, 0.717) is 17.7 Å². The Bertz CT molecular complexity index is 742. The lowest BCUT2D eigenvalue weighted by molar-refractivity contribution is -0.132. The third kappa shape index (κ3) is 3.83. The van der Waals surface area contributed by atoms with Gasteiger partial charge in [0.05, 0.1) is 4.47 Å². The molecular weight excluding hydrogens is 511 g/mol. The van der Waals surface area contributed by atoms with Crippen LogP contribution in [-0.4, -0.2) is 46.8 Å². The van der Waals surface area contributed by atoms with Crippen molar-refractivity contribution in [3.63, 3.8) is 0 Å². The Balaban J connectivity index is 1.59. The second-order valence-electron chi connectivity index (χ2n) is 5.40. The Morgan fingerprint density at radius 2 is 1.71 bits per heavy atom. The van der Waals surface area contributed by atoms with Gasteiger partial charge in [0.15, 0.2) is 0 Å². The van der Waals surface area contributed by atoms with Crippen LogP contribution in [0.4, 0.5) is 10.1 Å². The van der Waals surface area contributed by atoms with E-state index in [1.807, 2.05) is 4.90 Å². The van der Waals surface area contributed by atoms with E-state index in [2.05, 4.69) is 57.8 Å². The SMILES string of the molecule is O=C(Cn1nc(Br)c(Br)c1Br)N1CCN(c2ccc(F)cc2)CC1. The summed E-state index contributed by atoms with van der Waals surface area (Å²) in [6, 6.07) is 6.45. The third-order valence-electron chi connectivity index (χ3n) is 3.91. The monoisotopic (exact) mass is 522 g/mol. The number of piperazine rings is 1. The van der Waals surface area contributed by atoms with Gasteiger partial charge in [0.1, 0.15) is 21.6 Å². The molecule has 0 radical (unpaired) electrons. The van der Waals surface area contributed by atoms with Crippen LogP contribution in [0.3, 0.4) is 0 Å². The lowest BCUT2D eigenvalue weighted by Gasteiger charge is -2.36. The number of carbonyl (C=O) groups excluding carboxylic acids is 1. The first-order valence-corrected chi connectivity index (χ1v) is 9.69. The Kier molecular flexibility index (Phi) is 5.61. The Morgan fingerprint density at radius 1 is 1.08 bits per heavy atom. The highest BCUT2D eigenvalue weighted by atomic mass is 79.9. The summed E-state index contributed by atoms with van der Waals surface area (Å²) in [4.78, 5) is 16.5. The standard InChI is InChI=1S/C15H14Br3FN4O/c16-13-14(17)20-23(15(13)18)9-12(24)22-7-5-21(6-8-22)11-3-1-10(19)2-4-11/h1-4H,5-9H2. The molecule has 9 heteroatoms. The molecule has 1 aliphatic rings. The highest BCUT2D eigenvalue weighted by molar-refractivity contribution is 9.14. The van der Waals surface area contributed by atoms with E-state index in [1.165, 1.54) is 12.1 Å². The molecule has 0 aliphatic carbocycles. The first-order chi connectivity index (χ1) is 11.5. The van der Waals surface area contributed by atoms with E-state index in [9.17, 15) is 9.18 Å². The number of aromatic nitrogens is 2. The summed E-state index contributed by atoms with van der Waals surface area (Å²) in [7, 11) is 0. The van der Waals surface area contributed by atoms with Crippen molar-refractivity contribution in [2.75, 3.05) is 31.1 Å². The molecule has 3 rings (SSSR count). The van der Waals surface area contributed by atoms with Gasteiger partial charge in [-0.3, -0.25) is 4.79 Å². The topological polar surface area (TPSA) is 41.4 Å². The number of nitrogens with zero attached hydrogens (tertiary/aromatic N) is 4. The van der Waals surface area contributed by atoms with Crippen molar-refractivity contribution in [2.45, 2.75) is 6.54 Å². The quantitative estimate of drug-likeness (QED) is 0.615. The van der Waals surface area contributed by atoms with Gasteiger partial charge in [-0.1, -0.05) is 0 Å². The summed E-state index contributed by atoms with van der Waals surface area (Å²) in [6.07, 6.45) is 0. The smallest absolute Gasteiger partial charge is 0.244 e. The zero-order valence-electron chi connectivity index (χ0n) is 12.6. The van der Waals surface area contributed by atoms with Gasteiger partial charge in [0.25, 0.3) is 0 Å². The molecule has 1 amide bonds. The van der Waals surface area contributed by atoms with Gasteiger partial charge in [0, 0.05) is 31.9 Å². The highest BCUT2D eigenvalue weighted by Crippen LogP contribution is 2.30. The number of carbonyl (C=O) groups is 1. The van der Waals surface area contributed by atoms with Crippen molar-refractivity contribution < 1.29 is 9.18 Å². The van der Waals surface area contributed by atoms with Crippen LogP contribution >= 0.6 is 47.8 Å². The van der Waals surface area contributed by atoms with Crippen LogP contribution in [-0.2, 0) is 11.3 Å². The summed E-state index contributed by atoms with van der Waals surface area (Å²) in [5.74, 6) is -0.216. The van der Waals surface area contributed by atoms with Crippen LogP contribution in [0.2, 0.25) is 0 Å². The molecule has 24 heavy (non-hydrogen) atoms. The molecule has 0 N–H and O–H groups in total. The zero-order valence-corrected chi connectivity index (χ0v) is 17.3. The molecule has 0 spiro atoms. The fraction of sp³-hybridized carbons (Fsp3) is 0.333. The molecule has 128 valence electrons. The van der Waals surface area contributed by atoms with E-state index in [0.717, 1.165) is 27.9 Å². The maximum Gasteiger partial charge on any atom is 0.244 e. The van der Waals surface area contributed by atoms with Crippen LogP contribution in [0.5, 0.6) is 0 Å². The maximum absolute atomic E-state index is 13.0. The fourth-order valence-electron chi connectivity index (χ4n) is 2.59. The molecule has 2 heterocycles. The lowest BCUT2D eigenvalue weighted by Crippen LogP contribution is -2.49. The Hall–Kier alpha value is -0.930. The van der Waals surface area contributed by atoms with Crippen molar-refractivity contribution in [3.8, 4) is 0 Å². The fourth-order valence-corrected chi connectivity index (χ4v) is 3.91. The number of rotatable bonds is 3. The minimum Gasteiger partial charge on any atom is -0.368 e. The average molecular weight is 525 g/mol. The molecule has 0 saturated carbocycles. The molecule has 0 unspecified atom stereocenters. The van der Waals surface area contributed by atoms with Gasteiger partial charge in [-0.05, 0) is 72.1 Å². The second kappa shape index (κ2) is 7.53. The first-order valence-electron chi connectivity index (χ1n) is 7.31. The Labute approximate surface area is 164 Å². The number of benzene rings is 1. The molecule has 0 atom stereocenters. The summed E-state index contributed by atoms with van der Waals surface area (Å²) >= 11 is 10.1. The summed E-state index contributed by atoms with van der Waals surface area (Å²) in [5, 5.41) is 4.26. The molecule has 1 aromatic carbocycles. The number of halogens is 4. The second-order valence-corrected chi connectivity index (χ2v) is 7.69. The molecule has 0 bridgehead atoms. The lowest BCUT2D eigenvalue weighted by atomic mass is 10.2. The van der Waals surface area contributed by atoms with E-state index < -0.39 is 0 Å². The van der Waals surface area contributed by atoms with Crippen LogP contribution in [0.15, 0.2) is 37.9 Å². The highest BCUT2D eigenvalue weighted by Gasteiger charge is 2.23. The largest absolute Gasteiger partial charge is 0.368 e. The van der Waals surface area contributed by atoms with Gasteiger partial charge < -0.3 is 9.80 Å². The summed E-state index contributed by atoms with van der Waals surface area (Å²) < 4.78 is 16.8. The molecule has 2 aromatic rings. The van der Waals surface area contributed by atoms with Gasteiger partial charge in [0.2, 0.25) is 5.91 Å². The van der Waals surface area contributed by atoms with Gasteiger partial charge >= 0.3 is 0 Å². The van der Waals surface area contributed by atoms with Crippen LogP contribution in [0.25, 0.3) is 0 Å². The minimum atomic E-state index is -0.241. The van der Waals surface area contributed by atoms with Gasteiger partial charge in [-0.15, -0.1) is 0 Å². The first kappa shape index (κ1) is 17.9. The van der Waals surface area contributed by atoms with Crippen LogP contribution in [0.1, 0.15) is 0 Å². The van der Waals surface area contributed by atoms with E-state index in [-0.39, 0.29) is 18.3 Å². The average Bonchev–Trinajstić information content (AvgIpc) is 2.83. The molecule has 1 aliphatic heterocycles. The molecule has 1 aromatic heterocycles. The normalized spacial score (nSPS) is 15.0.